The zero-order chi connectivity index (χ0) is 11.3. The minimum absolute atomic E-state index is 0.278. The number of hydrogen-bond donors (Lipinski definition) is 0. The van der Waals surface area contributed by atoms with Crippen LogP contribution in [0.3, 0.4) is 0 Å². The van der Waals surface area contributed by atoms with E-state index >= 15 is 0 Å². The van der Waals surface area contributed by atoms with Crippen molar-refractivity contribution in [1.82, 2.24) is 0 Å². The van der Waals surface area contributed by atoms with Crippen molar-refractivity contribution in [1.29, 1.82) is 0 Å². The number of aryl methyl sites for hydroxylation is 1. The quantitative estimate of drug-likeness (QED) is 0.551. The highest BCUT2D eigenvalue weighted by Crippen LogP contribution is 2.20. The molecule has 0 amide bonds. The number of esters is 1. The summed E-state index contributed by atoms with van der Waals surface area (Å²) in [4.78, 5) is 11.2. The molecule has 1 aromatic rings. The van der Waals surface area contributed by atoms with Crippen molar-refractivity contribution in [3.63, 3.8) is 0 Å². The number of carbonyl (C=O) groups is 1. The molecule has 1 atom stereocenters. The van der Waals surface area contributed by atoms with Gasteiger partial charge < -0.3 is 9.15 Å². The smallest absolute Gasteiger partial charge is 0.316 e. The molecule has 0 aliphatic carbocycles. The predicted octanol–water partition coefficient (Wildman–Crippen LogP) is 2.67. The van der Waals surface area contributed by atoms with Crippen LogP contribution in [0.15, 0.2) is 29.2 Å². The lowest BCUT2D eigenvalue weighted by molar-refractivity contribution is -0.142. The van der Waals surface area contributed by atoms with E-state index in [-0.39, 0.29) is 11.9 Å². The third-order valence-corrected chi connectivity index (χ3v) is 2.26. The van der Waals surface area contributed by atoms with Crippen LogP contribution in [0.2, 0.25) is 0 Å². The monoisotopic (exact) mass is 208 g/mol. The van der Waals surface area contributed by atoms with Gasteiger partial charge in [-0.2, -0.15) is 0 Å². The topological polar surface area (TPSA) is 39.4 Å². The van der Waals surface area contributed by atoms with Crippen LogP contribution < -0.4 is 0 Å². The molecule has 82 valence electrons. The first-order valence-electron chi connectivity index (χ1n) is 4.96. The summed E-state index contributed by atoms with van der Waals surface area (Å²) in [6.07, 6.45) is 3.53. The van der Waals surface area contributed by atoms with Crippen molar-refractivity contribution in [2.75, 3.05) is 7.11 Å². The number of methoxy groups -OCH3 is 1. The van der Waals surface area contributed by atoms with Gasteiger partial charge in [-0.25, -0.2) is 0 Å². The van der Waals surface area contributed by atoms with Crippen LogP contribution in [0.1, 0.15) is 30.8 Å². The Hall–Kier alpha value is -1.51. The highest BCUT2D eigenvalue weighted by Gasteiger charge is 2.18. The summed E-state index contributed by atoms with van der Waals surface area (Å²) in [7, 11) is 1.38. The first kappa shape index (κ1) is 11.6. The second-order valence-corrected chi connectivity index (χ2v) is 3.38. The van der Waals surface area contributed by atoms with Crippen molar-refractivity contribution in [2.45, 2.75) is 25.7 Å². The normalized spacial score (nSPS) is 12.1. The SMILES string of the molecule is C=CCCc1ccc(C(C)C(=O)OC)o1. The van der Waals surface area contributed by atoms with Gasteiger partial charge in [-0.15, -0.1) is 6.58 Å². The van der Waals surface area contributed by atoms with E-state index in [0.29, 0.717) is 5.76 Å². The maximum atomic E-state index is 11.2. The number of furan rings is 1. The molecule has 0 spiro atoms. The summed E-state index contributed by atoms with van der Waals surface area (Å²) in [6.45, 7) is 5.41. The van der Waals surface area contributed by atoms with Gasteiger partial charge in [0.25, 0.3) is 0 Å². The Bertz CT molecular complexity index is 338. The van der Waals surface area contributed by atoms with E-state index in [0.717, 1.165) is 18.6 Å². The molecule has 0 aliphatic heterocycles. The molecule has 15 heavy (non-hydrogen) atoms. The highest BCUT2D eigenvalue weighted by molar-refractivity contribution is 5.76. The highest BCUT2D eigenvalue weighted by atomic mass is 16.5. The van der Waals surface area contributed by atoms with Crippen molar-refractivity contribution in [3.05, 3.63) is 36.3 Å². The third kappa shape index (κ3) is 2.98. The molecule has 1 unspecified atom stereocenters. The molecule has 0 fully saturated rings. The van der Waals surface area contributed by atoms with Crippen molar-refractivity contribution < 1.29 is 13.9 Å². The Morgan fingerprint density at radius 3 is 3.00 bits per heavy atom. The summed E-state index contributed by atoms with van der Waals surface area (Å²) >= 11 is 0. The van der Waals surface area contributed by atoms with Gasteiger partial charge in [0.05, 0.1) is 7.11 Å². The average Bonchev–Trinajstić information content (AvgIpc) is 2.72. The van der Waals surface area contributed by atoms with Crippen molar-refractivity contribution in [2.24, 2.45) is 0 Å². The van der Waals surface area contributed by atoms with Crippen molar-refractivity contribution in [3.8, 4) is 0 Å². The molecule has 1 rings (SSSR count). The Morgan fingerprint density at radius 2 is 2.40 bits per heavy atom. The third-order valence-electron chi connectivity index (χ3n) is 2.26. The van der Waals surface area contributed by atoms with Gasteiger partial charge >= 0.3 is 5.97 Å². The standard InChI is InChI=1S/C12H16O3/c1-4-5-6-10-7-8-11(15-10)9(2)12(13)14-3/h4,7-9H,1,5-6H2,2-3H3. The summed E-state index contributed by atoms with van der Waals surface area (Å²) in [5, 5.41) is 0. The largest absolute Gasteiger partial charge is 0.468 e. The Labute approximate surface area is 89.7 Å². The Kier molecular flexibility index (Phi) is 4.16. The molecule has 0 aliphatic rings. The molecule has 0 aromatic carbocycles. The average molecular weight is 208 g/mol. The molecule has 3 heteroatoms. The number of hydrogen-bond acceptors (Lipinski definition) is 3. The predicted molar refractivity (Wildman–Crippen MR) is 57.7 cm³/mol. The molecular formula is C12H16O3. The minimum Gasteiger partial charge on any atom is -0.468 e. The molecule has 0 radical (unpaired) electrons. The summed E-state index contributed by atoms with van der Waals surface area (Å²) in [5.74, 6) is 0.911. The second kappa shape index (κ2) is 5.39. The van der Waals surface area contributed by atoms with Gasteiger partial charge in [-0.1, -0.05) is 6.08 Å². The van der Waals surface area contributed by atoms with Crippen LogP contribution in [0.5, 0.6) is 0 Å². The molecule has 0 saturated carbocycles. The van der Waals surface area contributed by atoms with Crippen LogP contribution in [-0.2, 0) is 16.0 Å². The number of carbonyl (C=O) groups excluding carboxylic acids is 1. The summed E-state index contributed by atoms with van der Waals surface area (Å²) in [6, 6.07) is 3.71. The van der Waals surface area contributed by atoms with E-state index in [9.17, 15) is 4.79 Å². The van der Waals surface area contributed by atoms with Crippen LogP contribution in [0, 0.1) is 0 Å². The molecule has 0 N–H and O–H groups in total. The zero-order valence-corrected chi connectivity index (χ0v) is 9.16. The lowest BCUT2D eigenvalue weighted by Crippen LogP contribution is -2.09. The lowest BCUT2D eigenvalue weighted by Gasteiger charge is -2.04. The van der Waals surface area contributed by atoms with Gasteiger partial charge in [0, 0.05) is 6.42 Å². The van der Waals surface area contributed by atoms with Gasteiger partial charge in [-0.05, 0) is 25.5 Å². The van der Waals surface area contributed by atoms with E-state index in [1.807, 2.05) is 18.2 Å². The number of allylic oxidation sites excluding steroid dienone is 1. The van der Waals surface area contributed by atoms with Gasteiger partial charge in [0.2, 0.25) is 0 Å². The first-order valence-corrected chi connectivity index (χ1v) is 4.96. The molecule has 0 saturated heterocycles. The van der Waals surface area contributed by atoms with Crippen LogP contribution in [-0.4, -0.2) is 13.1 Å². The molecule has 1 aromatic heterocycles. The second-order valence-electron chi connectivity index (χ2n) is 3.38. The van der Waals surface area contributed by atoms with Gasteiger partial charge in [0.15, 0.2) is 0 Å². The number of ether oxygens (including phenoxy) is 1. The van der Waals surface area contributed by atoms with Gasteiger partial charge in [-0.3, -0.25) is 4.79 Å². The molecule has 1 heterocycles. The summed E-state index contributed by atoms with van der Waals surface area (Å²) < 4.78 is 10.2. The lowest BCUT2D eigenvalue weighted by atomic mass is 10.1. The van der Waals surface area contributed by atoms with Crippen molar-refractivity contribution >= 4 is 5.97 Å². The Balaban J connectivity index is 2.66. The molecule has 0 bridgehead atoms. The van der Waals surface area contributed by atoms with E-state index < -0.39 is 0 Å². The maximum absolute atomic E-state index is 11.2. The number of rotatable bonds is 5. The van der Waals surface area contributed by atoms with E-state index in [1.54, 1.807) is 6.92 Å². The maximum Gasteiger partial charge on any atom is 0.316 e. The van der Waals surface area contributed by atoms with Crippen LogP contribution in [0.25, 0.3) is 0 Å². The molecular weight excluding hydrogens is 192 g/mol. The summed E-state index contributed by atoms with van der Waals surface area (Å²) in [5.41, 5.74) is 0. The fourth-order valence-electron chi connectivity index (χ4n) is 1.30. The van der Waals surface area contributed by atoms with Crippen LogP contribution >= 0.6 is 0 Å². The fraction of sp³-hybridized carbons (Fsp3) is 0.417. The van der Waals surface area contributed by atoms with E-state index in [2.05, 4.69) is 11.3 Å². The minimum atomic E-state index is -0.340. The molecule has 3 nitrogen and oxygen atoms in total. The zero-order valence-electron chi connectivity index (χ0n) is 9.16. The Morgan fingerprint density at radius 1 is 1.67 bits per heavy atom. The van der Waals surface area contributed by atoms with E-state index in [1.165, 1.54) is 7.11 Å². The fourth-order valence-corrected chi connectivity index (χ4v) is 1.30. The first-order chi connectivity index (χ1) is 7.19. The van der Waals surface area contributed by atoms with Gasteiger partial charge in [0.1, 0.15) is 17.4 Å². The van der Waals surface area contributed by atoms with Crippen LogP contribution in [0.4, 0.5) is 0 Å². The van der Waals surface area contributed by atoms with E-state index in [4.69, 9.17) is 4.42 Å².